The normalized spacial score (nSPS) is 10.6. The molecule has 16 heavy (non-hydrogen) atoms. The minimum absolute atomic E-state index is 0.323. The third-order valence-corrected chi connectivity index (χ3v) is 2.36. The number of nitrogens with zero attached hydrogens (tertiary/aromatic N) is 2. The van der Waals surface area contributed by atoms with Gasteiger partial charge in [-0.15, -0.1) is 0 Å². The first-order valence-electron chi connectivity index (χ1n) is 4.76. The van der Waals surface area contributed by atoms with Gasteiger partial charge in [-0.3, -0.25) is 14.2 Å². The lowest BCUT2D eigenvalue weighted by Gasteiger charge is -2.04. The first-order valence-corrected chi connectivity index (χ1v) is 4.76. The Balaban J connectivity index is 2.71. The van der Waals surface area contributed by atoms with E-state index in [0.29, 0.717) is 10.9 Å². The zero-order chi connectivity index (χ0) is 11.7. The molecule has 5 nitrogen and oxygen atoms in total. The molecule has 1 aromatic heterocycles. The van der Waals surface area contributed by atoms with Gasteiger partial charge in [0.05, 0.1) is 17.2 Å². The van der Waals surface area contributed by atoms with Crippen LogP contribution in [0.2, 0.25) is 0 Å². The molecular formula is C11H10N2O3. The molecule has 0 fully saturated rings. The maximum Gasteiger partial charge on any atom is 0.323 e. The number of rotatable bonds is 2. The summed E-state index contributed by atoms with van der Waals surface area (Å²) in [5, 5.41) is 9.08. The van der Waals surface area contributed by atoms with E-state index in [4.69, 9.17) is 5.11 Å². The number of para-hydroxylation sites is 1. The fourth-order valence-electron chi connectivity index (χ4n) is 1.60. The van der Waals surface area contributed by atoms with Crippen LogP contribution in [0.25, 0.3) is 10.9 Å². The van der Waals surface area contributed by atoms with E-state index in [2.05, 4.69) is 4.98 Å². The average molecular weight is 218 g/mol. The Morgan fingerprint density at radius 3 is 2.94 bits per heavy atom. The van der Waals surface area contributed by atoms with Crippen molar-refractivity contribution < 1.29 is 9.90 Å². The SMILES string of the molecule is Cc1cccc2c(=O)n(CC(=O)O)cnc12. The molecule has 0 atom stereocenters. The van der Waals surface area contributed by atoms with Crippen molar-refractivity contribution in [2.75, 3.05) is 0 Å². The number of carboxylic acid groups (broad SMARTS) is 1. The summed E-state index contributed by atoms with van der Waals surface area (Å²) >= 11 is 0. The Labute approximate surface area is 91.0 Å². The lowest BCUT2D eigenvalue weighted by atomic mass is 10.1. The summed E-state index contributed by atoms with van der Waals surface area (Å²) < 4.78 is 1.09. The average Bonchev–Trinajstić information content (AvgIpc) is 2.23. The van der Waals surface area contributed by atoms with Crippen molar-refractivity contribution >= 4 is 16.9 Å². The summed E-state index contributed by atoms with van der Waals surface area (Å²) in [6.07, 6.45) is 1.27. The maximum absolute atomic E-state index is 11.9. The van der Waals surface area contributed by atoms with Crippen LogP contribution >= 0.6 is 0 Å². The van der Waals surface area contributed by atoms with Gasteiger partial charge in [0.15, 0.2) is 0 Å². The fraction of sp³-hybridized carbons (Fsp3) is 0.182. The van der Waals surface area contributed by atoms with Gasteiger partial charge < -0.3 is 5.11 Å². The number of benzene rings is 1. The van der Waals surface area contributed by atoms with Gasteiger partial charge in [-0.1, -0.05) is 12.1 Å². The van der Waals surface area contributed by atoms with Crippen molar-refractivity contribution in [1.29, 1.82) is 0 Å². The largest absolute Gasteiger partial charge is 0.480 e. The van der Waals surface area contributed by atoms with Gasteiger partial charge >= 0.3 is 5.97 Å². The second kappa shape index (κ2) is 3.77. The number of hydrogen-bond donors (Lipinski definition) is 1. The molecule has 1 aromatic carbocycles. The van der Waals surface area contributed by atoms with E-state index in [1.165, 1.54) is 6.33 Å². The van der Waals surface area contributed by atoms with Gasteiger partial charge in [-0.25, -0.2) is 4.98 Å². The standard InChI is InChI=1S/C11H10N2O3/c1-7-3-2-4-8-10(7)12-6-13(11(8)16)5-9(14)15/h2-4,6H,5H2,1H3,(H,14,15). The minimum atomic E-state index is -1.06. The predicted molar refractivity (Wildman–Crippen MR) is 58.4 cm³/mol. The third-order valence-electron chi connectivity index (χ3n) is 2.36. The number of aryl methyl sites for hydroxylation is 1. The van der Waals surface area contributed by atoms with Gasteiger partial charge in [-0.2, -0.15) is 0 Å². The molecule has 0 bridgehead atoms. The lowest BCUT2D eigenvalue weighted by Crippen LogP contribution is -2.24. The Morgan fingerprint density at radius 1 is 1.50 bits per heavy atom. The molecule has 5 heteroatoms. The molecule has 0 amide bonds. The fourth-order valence-corrected chi connectivity index (χ4v) is 1.60. The van der Waals surface area contributed by atoms with Crippen LogP contribution in [-0.4, -0.2) is 20.6 Å². The maximum atomic E-state index is 11.9. The number of aliphatic carboxylic acids is 1. The van der Waals surface area contributed by atoms with Crippen molar-refractivity contribution in [3.05, 3.63) is 40.4 Å². The minimum Gasteiger partial charge on any atom is -0.480 e. The molecule has 2 aromatic rings. The molecule has 0 aliphatic carbocycles. The summed E-state index contributed by atoms with van der Waals surface area (Å²) in [5.41, 5.74) is 1.20. The molecular weight excluding hydrogens is 208 g/mol. The molecule has 0 aliphatic heterocycles. The summed E-state index contributed by atoms with van der Waals surface area (Å²) in [6.45, 7) is 1.49. The number of carboxylic acids is 1. The highest BCUT2D eigenvalue weighted by Crippen LogP contribution is 2.10. The van der Waals surface area contributed by atoms with E-state index in [1.54, 1.807) is 12.1 Å². The van der Waals surface area contributed by atoms with Gasteiger partial charge in [0.25, 0.3) is 5.56 Å². The number of hydrogen-bond acceptors (Lipinski definition) is 3. The van der Waals surface area contributed by atoms with Crippen LogP contribution in [0.1, 0.15) is 5.56 Å². The van der Waals surface area contributed by atoms with Crippen molar-refractivity contribution in [1.82, 2.24) is 9.55 Å². The summed E-state index contributed by atoms with van der Waals surface area (Å²) in [7, 11) is 0. The summed E-state index contributed by atoms with van der Waals surface area (Å²) in [6, 6.07) is 5.26. The van der Waals surface area contributed by atoms with E-state index in [9.17, 15) is 9.59 Å². The van der Waals surface area contributed by atoms with Crippen LogP contribution in [0.15, 0.2) is 29.3 Å². The van der Waals surface area contributed by atoms with E-state index in [1.807, 2.05) is 13.0 Å². The molecule has 0 aliphatic rings. The monoisotopic (exact) mass is 218 g/mol. The van der Waals surface area contributed by atoms with Gasteiger partial charge in [-0.05, 0) is 18.6 Å². The molecule has 1 N–H and O–H groups in total. The molecule has 0 radical (unpaired) electrons. The molecule has 0 spiro atoms. The third kappa shape index (κ3) is 1.67. The zero-order valence-electron chi connectivity index (χ0n) is 8.67. The second-order valence-corrected chi connectivity index (χ2v) is 3.54. The van der Waals surface area contributed by atoms with Crippen LogP contribution in [0.4, 0.5) is 0 Å². The Morgan fingerprint density at radius 2 is 2.25 bits per heavy atom. The van der Waals surface area contributed by atoms with Crippen LogP contribution in [0.5, 0.6) is 0 Å². The summed E-state index contributed by atoms with van der Waals surface area (Å²) in [4.78, 5) is 26.5. The quantitative estimate of drug-likeness (QED) is 0.808. The molecule has 0 unspecified atom stereocenters. The molecule has 2 rings (SSSR count). The zero-order valence-corrected chi connectivity index (χ0v) is 8.67. The number of aromatic nitrogens is 2. The molecule has 0 saturated heterocycles. The van der Waals surface area contributed by atoms with Crippen molar-refractivity contribution in [2.45, 2.75) is 13.5 Å². The molecule has 0 saturated carbocycles. The first kappa shape index (κ1) is 10.4. The van der Waals surface area contributed by atoms with Crippen molar-refractivity contribution in [2.24, 2.45) is 0 Å². The summed E-state index contributed by atoms with van der Waals surface area (Å²) in [5.74, 6) is -1.06. The van der Waals surface area contributed by atoms with Crippen molar-refractivity contribution in [3.63, 3.8) is 0 Å². The molecule has 82 valence electrons. The van der Waals surface area contributed by atoms with Gasteiger partial charge in [0, 0.05) is 0 Å². The lowest BCUT2D eigenvalue weighted by molar-refractivity contribution is -0.137. The van der Waals surface area contributed by atoms with Crippen LogP contribution in [0.3, 0.4) is 0 Å². The van der Waals surface area contributed by atoms with Gasteiger partial charge in [0.1, 0.15) is 6.54 Å². The van der Waals surface area contributed by atoms with Crippen LogP contribution in [0, 0.1) is 6.92 Å². The van der Waals surface area contributed by atoms with E-state index < -0.39 is 5.97 Å². The van der Waals surface area contributed by atoms with Gasteiger partial charge in [0.2, 0.25) is 0 Å². The highest BCUT2D eigenvalue weighted by molar-refractivity contribution is 5.80. The first-order chi connectivity index (χ1) is 7.59. The van der Waals surface area contributed by atoms with E-state index in [0.717, 1.165) is 10.1 Å². The predicted octanol–water partition coefficient (Wildman–Crippen LogP) is 0.790. The highest BCUT2D eigenvalue weighted by atomic mass is 16.4. The highest BCUT2D eigenvalue weighted by Gasteiger charge is 2.07. The number of carbonyl (C=O) groups is 1. The van der Waals surface area contributed by atoms with E-state index in [-0.39, 0.29) is 12.1 Å². The topological polar surface area (TPSA) is 72.2 Å². The van der Waals surface area contributed by atoms with E-state index >= 15 is 0 Å². The Kier molecular flexibility index (Phi) is 2.44. The smallest absolute Gasteiger partial charge is 0.323 e. The Hall–Kier alpha value is -2.17. The Bertz CT molecular complexity index is 616. The van der Waals surface area contributed by atoms with Crippen molar-refractivity contribution in [3.8, 4) is 0 Å². The molecule has 1 heterocycles. The second-order valence-electron chi connectivity index (χ2n) is 3.54. The number of fused-ring (bicyclic) bond motifs is 1. The van der Waals surface area contributed by atoms with Crippen LogP contribution < -0.4 is 5.56 Å². The van der Waals surface area contributed by atoms with Crippen LogP contribution in [-0.2, 0) is 11.3 Å².